The highest BCUT2D eigenvalue weighted by atomic mass is 35.5. The van der Waals surface area contributed by atoms with Crippen molar-refractivity contribution in [2.45, 2.75) is 18.9 Å². The largest absolute Gasteiger partial charge is 0.508 e. The Hall–Kier alpha value is -0.700. The Kier molecular flexibility index (Phi) is 6.41. The summed E-state index contributed by atoms with van der Waals surface area (Å²) in [5, 5.41) is 10.1. The van der Waals surface area contributed by atoms with E-state index in [1.165, 1.54) is 0 Å². The van der Waals surface area contributed by atoms with Crippen LogP contribution in [-0.2, 0) is 0 Å². The van der Waals surface area contributed by atoms with Gasteiger partial charge in [-0.15, -0.1) is 19.0 Å². The lowest BCUT2D eigenvalue weighted by Gasteiger charge is -2.12. The average Bonchev–Trinajstić information content (AvgIpc) is 2.18. The molecule has 4 heteroatoms. The molecule has 0 aliphatic carbocycles. The maximum Gasteiger partial charge on any atom is 0.120 e. The monoisotopic (exact) mass is 247 g/mol. The van der Waals surface area contributed by atoms with Gasteiger partial charge in [0.15, 0.2) is 0 Å². The fraction of sp³-hybridized carbons (Fsp3) is 0.273. The molecule has 0 aliphatic heterocycles. The SMILES string of the molecule is C=CCC[C@H](N)c1cc(Cl)ccc1O.Cl. The summed E-state index contributed by atoms with van der Waals surface area (Å²) < 4.78 is 0. The van der Waals surface area contributed by atoms with E-state index in [0.29, 0.717) is 10.6 Å². The van der Waals surface area contributed by atoms with E-state index in [9.17, 15) is 5.11 Å². The summed E-state index contributed by atoms with van der Waals surface area (Å²) in [6, 6.07) is 4.71. The number of aromatic hydroxyl groups is 1. The molecule has 0 radical (unpaired) electrons. The third-order valence-electron chi connectivity index (χ3n) is 2.07. The Morgan fingerprint density at radius 2 is 2.20 bits per heavy atom. The maximum atomic E-state index is 9.54. The Morgan fingerprint density at radius 3 is 2.80 bits per heavy atom. The highest BCUT2D eigenvalue weighted by Crippen LogP contribution is 2.28. The third kappa shape index (κ3) is 4.12. The van der Waals surface area contributed by atoms with Gasteiger partial charge < -0.3 is 10.8 Å². The van der Waals surface area contributed by atoms with Crippen LogP contribution in [0.2, 0.25) is 5.02 Å². The topological polar surface area (TPSA) is 46.2 Å². The molecule has 15 heavy (non-hydrogen) atoms. The quantitative estimate of drug-likeness (QED) is 0.802. The number of phenolic OH excluding ortho intramolecular Hbond substituents is 1. The van der Waals surface area contributed by atoms with Crippen molar-refractivity contribution < 1.29 is 5.11 Å². The summed E-state index contributed by atoms with van der Waals surface area (Å²) in [5.41, 5.74) is 6.58. The first kappa shape index (κ1) is 14.3. The number of nitrogens with two attached hydrogens (primary N) is 1. The molecule has 1 rings (SSSR count). The summed E-state index contributed by atoms with van der Waals surface area (Å²) in [5.74, 6) is 0.200. The van der Waals surface area contributed by atoms with Gasteiger partial charge in [-0.3, -0.25) is 0 Å². The number of hydrogen-bond donors (Lipinski definition) is 2. The van der Waals surface area contributed by atoms with Crippen molar-refractivity contribution in [3.05, 3.63) is 41.4 Å². The van der Waals surface area contributed by atoms with Crippen LogP contribution in [-0.4, -0.2) is 5.11 Å². The van der Waals surface area contributed by atoms with Gasteiger partial charge in [0.25, 0.3) is 0 Å². The lowest BCUT2D eigenvalue weighted by molar-refractivity contribution is 0.459. The van der Waals surface area contributed by atoms with Gasteiger partial charge in [-0.2, -0.15) is 0 Å². The van der Waals surface area contributed by atoms with Gasteiger partial charge in [-0.1, -0.05) is 17.7 Å². The molecule has 1 atom stereocenters. The highest BCUT2D eigenvalue weighted by molar-refractivity contribution is 6.30. The molecule has 84 valence electrons. The van der Waals surface area contributed by atoms with Crippen molar-refractivity contribution in [1.29, 1.82) is 0 Å². The zero-order chi connectivity index (χ0) is 10.6. The van der Waals surface area contributed by atoms with Gasteiger partial charge in [0.05, 0.1) is 0 Å². The second kappa shape index (κ2) is 6.72. The number of hydrogen-bond acceptors (Lipinski definition) is 2. The molecular weight excluding hydrogens is 233 g/mol. The lowest BCUT2D eigenvalue weighted by Crippen LogP contribution is -2.09. The molecule has 0 bridgehead atoms. The van der Waals surface area contributed by atoms with Gasteiger partial charge >= 0.3 is 0 Å². The third-order valence-corrected chi connectivity index (χ3v) is 2.31. The molecule has 0 saturated heterocycles. The van der Waals surface area contributed by atoms with Crippen molar-refractivity contribution in [3.63, 3.8) is 0 Å². The van der Waals surface area contributed by atoms with Crippen molar-refractivity contribution in [2.75, 3.05) is 0 Å². The van der Waals surface area contributed by atoms with E-state index in [2.05, 4.69) is 6.58 Å². The van der Waals surface area contributed by atoms with E-state index in [4.69, 9.17) is 17.3 Å². The molecule has 0 spiro atoms. The Balaban J connectivity index is 0.00000196. The average molecular weight is 248 g/mol. The van der Waals surface area contributed by atoms with E-state index in [1.54, 1.807) is 24.3 Å². The van der Waals surface area contributed by atoms with Crippen LogP contribution < -0.4 is 5.73 Å². The second-order valence-electron chi connectivity index (χ2n) is 3.18. The van der Waals surface area contributed by atoms with E-state index in [0.717, 1.165) is 12.8 Å². The lowest BCUT2D eigenvalue weighted by atomic mass is 10.0. The van der Waals surface area contributed by atoms with Gasteiger partial charge in [0.1, 0.15) is 5.75 Å². The fourth-order valence-corrected chi connectivity index (χ4v) is 1.46. The second-order valence-corrected chi connectivity index (χ2v) is 3.61. The van der Waals surface area contributed by atoms with E-state index >= 15 is 0 Å². The van der Waals surface area contributed by atoms with Crippen LogP contribution in [0, 0.1) is 0 Å². The minimum atomic E-state index is -0.188. The number of phenols is 1. The fourth-order valence-electron chi connectivity index (χ4n) is 1.28. The number of benzene rings is 1. The zero-order valence-corrected chi connectivity index (χ0v) is 9.89. The predicted molar refractivity (Wildman–Crippen MR) is 66.7 cm³/mol. The van der Waals surface area contributed by atoms with Crippen LogP contribution in [0.5, 0.6) is 5.75 Å². The summed E-state index contributed by atoms with van der Waals surface area (Å²) in [6.07, 6.45) is 3.39. The molecule has 0 fully saturated rings. The Morgan fingerprint density at radius 1 is 1.53 bits per heavy atom. The Labute approximate surface area is 101 Å². The van der Waals surface area contributed by atoms with E-state index < -0.39 is 0 Å². The molecule has 3 N–H and O–H groups in total. The van der Waals surface area contributed by atoms with Crippen LogP contribution in [0.1, 0.15) is 24.4 Å². The first-order chi connectivity index (χ1) is 6.65. The smallest absolute Gasteiger partial charge is 0.120 e. The van der Waals surface area contributed by atoms with Crippen molar-refractivity contribution in [2.24, 2.45) is 5.73 Å². The highest BCUT2D eigenvalue weighted by Gasteiger charge is 2.10. The van der Waals surface area contributed by atoms with Crippen LogP contribution >= 0.6 is 24.0 Å². The van der Waals surface area contributed by atoms with Gasteiger partial charge in [0.2, 0.25) is 0 Å². The standard InChI is InChI=1S/C11H14ClNO.ClH/c1-2-3-4-10(13)9-7-8(12)5-6-11(9)14;/h2,5-7,10,14H,1,3-4,13H2;1H/t10-;/m0./s1. The number of rotatable bonds is 4. The van der Waals surface area contributed by atoms with Crippen LogP contribution in [0.3, 0.4) is 0 Å². The number of allylic oxidation sites excluding steroid dienone is 1. The number of halogens is 2. The molecule has 0 heterocycles. The molecule has 0 amide bonds. The molecule has 0 aromatic heterocycles. The first-order valence-electron chi connectivity index (χ1n) is 4.50. The minimum Gasteiger partial charge on any atom is -0.508 e. The van der Waals surface area contributed by atoms with Gasteiger partial charge in [-0.05, 0) is 31.0 Å². The molecule has 2 nitrogen and oxygen atoms in total. The molecule has 0 unspecified atom stereocenters. The zero-order valence-electron chi connectivity index (χ0n) is 8.32. The molecule has 1 aromatic rings. The normalized spacial score (nSPS) is 11.6. The van der Waals surface area contributed by atoms with Crippen LogP contribution in [0.15, 0.2) is 30.9 Å². The molecule has 1 aromatic carbocycles. The molecular formula is C11H15Cl2NO. The summed E-state index contributed by atoms with van der Waals surface area (Å²) in [6.45, 7) is 3.62. The summed E-state index contributed by atoms with van der Waals surface area (Å²) in [7, 11) is 0. The van der Waals surface area contributed by atoms with E-state index in [1.807, 2.05) is 0 Å². The van der Waals surface area contributed by atoms with Crippen molar-refractivity contribution >= 4 is 24.0 Å². The minimum absolute atomic E-state index is 0. The Bertz CT molecular complexity index is 328. The first-order valence-corrected chi connectivity index (χ1v) is 4.88. The van der Waals surface area contributed by atoms with Gasteiger partial charge in [0, 0.05) is 16.6 Å². The molecule has 0 aliphatic rings. The summed E-state index contributed by atoms with van der Waals surface area (Å²) in [4.78, 5) is 0. The van der Waals surface area contributed by atoms with Crippen LogP contribution in [0.25, 0.3) is 0 Å². The molecule has 0 saturated carbocycles. The summed E-state index contributed by atoms with van der Waals surface area (Å²) >= 11 is 5.81. The van der Waals surface area contributed by atoms with Crippen molar-refractivity contribution in [3.8, 4) is 5.75 Å². The maximum absolute atomic E-state index is 9.54. The van der Waals surface area contributed by atoms with Crippen LogP contribution in [0.4, 0.5) is 0 Å². The van der Waals surface area contributed by atoms with Crippen molar-refractivity contribution in [1.82, 2.24) is 0 Å². The predicted octanol–water partition coefficient (Wildman–Crippen LogP) is 3.43. The van der Waals surface area contributed by atoms with E-state index in [-0.39, 0.29) is 24.2 Å². The van der Waals surface area contributed by atoms with Gasteiger partial charge in [-0.25, -0.2) is 0 Å².